The van der Waals surface area contributed by atoms with Crippen LogP contribution in [-0.2, 0) is 23.0 Å². The number of aromatic nitrogens is 1. The van der Waals surface area contributed by atoms with E-state index in [1.165, 1.54) is 23.7 Å². The van der Waals surface area contributed by atoms with Crippen LogP contribution in [0, 0.1) is 0 Å². The van der Waals surface area contributed by atoms with Gasteiger partial charge in [0.2, 0.25) is 10.0 Å². The molecule has 0 amide bonds. The lowest BCUT2D eigenvalue weighted by Gasteiger charge is -2.26. The van der Waals surface area contributed by atoms with Crippen molar-refractivity contribution in [1.82, 2.24) is 14.6 Å². The van der Waals surface area contributed by atoms with Gasteiger partial charge in [-0.05, 0) is 42.6 Å². The molecule has 124 valence electrons. The molecule has 0 atom stereocenters. The van der Waals surface area contributed by atoms with Crippen molar-refractivity contribution in [2.75, 3.05) is 32.0 Å². The Labute approximate surface area is 140 Å². The SMILES string of the molecule is CNS(=O)(=O)c1ccc(NCCN2CCc3sccc3C2)nc1. The Kier molecular flexibility index (Phi) is 4.96. The van der Waals surface area contributed by atoms with E-state index in [0.717, 1.165) is 32.6 Å². The predicted molar refractivity (Wildman–Crippen MR) is 92.3 cm³/mol. The fraction of sp³-hybridized carbons (Fsp3) is 0.400. The van der Waals surface area contributed by atoms with Crippen LogP contribution in [-0.4, -0.2) is 45.0 Å². The molecule has 8 heteroatoms. The van der Waals surface area contributed by atoms with Gasteiger partial charge in [-0.25, -0.2) is 18.1 Å². The van der Waals surface area contributed by atoms with Crippen molar-refractivity contribution in [3.8, 4) is 0 Å². The zero-order chi connectivity index (χ0) is 16.3. The van der Waals surface area contributed by atoms with Gasteiger partial charge in [0.05, 0.1) is 0 Å². The third-order valence-electron chi connectivity index (χ3n) is 3.94. The van der Waals surface area contributed by atoms with E-state index >= 15 is 0 Å². The van der Waals surface area contributed by atoms with E-state index in [1.807, 2.05) is 11.3 Å². The van der Waals surface area contributed by atoms with Crippen LogP contribution in [0.15, 0.2) is 34.7 Å². The number of sulfonamides is 1. The van der Waals surface area contributed by atoms with Crippen LogP contribution in [0.2, 0.25) is 0 Å². The first-order valence-electron chi connectivity index (χ1n) is 7.49. The smallest absolute Gasteiger partial charge is 0.241 e. The lowest BCUT2D eigenvalue weighted by Crippen LogP contribution is -2.33. The number of pyridine rings is 1. The molecule has 1 aliphatic rings. The Bertz CT molecular complexity index is 756. The standard InChI is InChI=1S/C15H20N4O2S2/c1-16-23(20,21)13-2-3-15(18-10-13)17-6-8-19-7-4-14-12(11-19)5-9-22-14/h2-3,5,9-10,16H,4,6-8,11H2,1H3,(H,17,18). The fourth-order valence-electron chi connectivity index (χ4n) is 2.60. The van der Waals surface area contributed by atoms with Crippen molar-refractivity contribution in [3.05, 3.63) is 40.2 Å². The van der Waals surface area contributed by atoms with Crippen LogP contribution >= 0.6 is 11.3 Å². The summed E-state index contributed by atoms with van der Waals surface area (Å²) in [4.78, 5) is 8.26. The molecule has 2 aromatic heterocycles. The summed E-state index contributed by atoms with van der Waals surface area (Å²) in [5.74, 6) is 0.688. The number of nitrogens with zero attached hydrogens (tertiary/aromatic N) is 2. The van der Waals surface area contributed by atoms with Gasteiger partial charge in [-0.2, -0.15) is 0 Å². The lowest BCUT2D eigenvalue weighted by atomic mass is 10.1. The zero-order valence-electron chi connectivity index (χ0n) is 12.9. The summed E-state index contributed by atoms with van der Waals surface area (Å²) in [5.41, 5.74) is 1.45. The second-order valence-electron chi connectivity index (χ2n) is 5.41. The van der Waals surface area contributed by atoms with Crippen molar-refractivity contribution in [1.29, 1.82) is 0 Å². The highest BCUT2D eigenvalue weighted by Gasteiger charge is 2.16. The first kappa shape index (κ1) is 16.4. The van der Waals surface area contributed by atoms with E-state index in [9.17, 15) is 8.42 Å². The van der Waals surface area contributed by atoms with Gasteiger partial charge in [0.1, 0.15) is 10.7 Å². The fourth-order valence-corrected chi connectivity index (χ4v) is 4.17. The average Bonchev–Trinajstić information content (AvgIpc) is 3.03. The van der Waals surface area contributed by atoms with Gasteiger partial charge in [-0.3, -0.25) is 4.90 Å². The first-order chi connectivity index (χ1) is 11.1. The van der Waals surface area contributed by atoms with Crippen molar-refractivity contribution in [3.63, 3.8) is 0 Å². The molecule has 3 rings (SSSR count). The summed E-state index contributed by atoms with van der Waals surface area (Å²) < 4.78 is 25.5. The van der Waals surface area contributed by atoms with E-state index in [2.05, 4.69) is 31.4 Å². The number of thiophene rings is 1. The van der Waals surface area contributed by atoms with E-state index in [4.69, 9.17) is 0 Å². The minimum Gasteiger partial charge on any atom is -0.369 e. The topological polar surface area (TPSA) is 74.3 Å². The highest BCUT2D eigenvalue weighted by Crippen LogP contribution is 2.23. The highest BCUT2D eigenvalue weighted by atomic mass is 32.2. The Hall–Kier alpha value is -1.48. The summed E-state index contributed by atoms with van der Waals surface area (Å²) >= 11 is 1.85. The largest absolute Gasteiger partial charge is 0.369 e. The quantitative estimate of drug-likeness (QED) is 0.825. The number of fused-ring (bicyclic) bond motifs is 1. The molecule has 0 saturated carbocycles. The van der Waals surface area contributed by atoms with E-state index in [0.29, 0.717) is 5.82 Å². The third-order valence-corrected chi connectivity index (χ3v) is 6.36. The van der Waals surface area contributed by atoms with Gasteiger partial charge in [0, 0.05) is 37.3 Å². The molecule has 23 heavy (non-hydrogen) atoms. The second-order valence-corrected chi connectivity index (χ2v) is 8.30. The summed E-state index contributed by atoms with van der Waals surface area (Å²) in [6, 6.07) is 5.46. The van der Waals surface area contributed by atoms with E-state index in [1.54, 1.807) is 12.1 Å². The monoisotopic (exact) mass is 352 g/mol. The Morgan fingerprint density at radius 1 is 1.35 bits per heavy atom. The number of nitrogens with one attached hydrogen (secondary N) is 2. The molecular weight excluding hydrogens is 332 g/mol. The van der Waals surface area contributed by atoms with Crippen LogP contribution in [0.3, 0.4) is 0 Å². The molecule has 2 N–H and O–H groups in total. The van der Waals surface area contributed by atoms with Gasteiger partial charge in [-0.15, -0.1) is 11.3 Å². The minimum absolute atomic E-state index is 0.173. The van der Waals surface area contributed by atoms with Crippen LogP contribution in [0.25, 0.3) is 0 Å². The summed E-state index contributed by atoms with van der Waals surface area (Å²) in [7, 11) is -2.04. The molecule has 0 radical (unpaired) electrons. The van der Waals surface area contributed by atoms with Crippen molar-refractivity contribution in [2.24, 2.45) is 0 Å². The summed E-state index contributed by atoms with van der Waals surface area (Å²) in [6.45, 7) is 3.81. The van der Waals surface area contributed by atoms with Gasteiger partial charge in [-0.1, -0.05) is 0 Å². The molecule has 0 bridgehead atoms. The molecule has 0 fully saturated rings. The summed E-state index contributed by atoms with van der Waals surface area (Å²) in [6.07, 6.45) is 2.49. The molecule has 0 spiro atoms. The molecular formula is C15H20N4O2S2. The maximum atomic E-state index is 11.6. The molecule has 0 aliphatic carbocycles. The lowest BCUT2D eigenvalue weighted by molar-refractivity contribution is 0.266. The highest BCUT2D eigenvalue weighted by molar-refractivity contribution is 7.89. The molecule has 1 aliphatic heterocycles. The van der Waals surface area contributed by atoms with Gasteiger partial charge >= 0.3 is 0 Å². The maximum Gasteiger partial charge on any atom is 0.241 e. The second kappa shape index (κ2) is 6.96. The van der Waals surface area contributed by atoms with Crippen LogP contribution < -0.4 is 10.0 Å². The predicted octanol–water partition coefficient (Wildman–Crippen LogP) is 1.52. The molecule has 0 saturated heterocycles. The Balaban J connectivity index is 1.50. The first-order valence-corrected chi connectivity index (χ1v) is 9.86. The van der Waals surface area contributed by atoms with Gasteiger partial charge < -0.3 is 5.32 Å². The van der Waals surface area contributed by atoms with Crippen LogP contribution in [0.1, 0.15) is 10.4 Å². The average molecular weight is 352 g/mol. The van der Waals surface area contributed by atoms with Crippen molar-refractivity contribution >= 4 is 27.2 Å². The zero-order valence-corrected chi connectivity index (χ0v) is 14.6. The molecule has 6 nitrogen and oxygen atoms in total. The number of anilines is 1. The third kappa shape index (κ3) is 3.89. The van der Waals surface area contributed by atoms with Gasteiger partial charge in [0.15, 0.2) is 0 Å². The maximum absolute atomic E-state index is 11.6. The van der Waals surface area contributed by atoms with Crippen LogP contribution in [0.5, 0.6) is 0 Å². The van der Waals surface area contributed by atoms with E-state index in [-0.39, 0.29) is 4.90 Å². The Morgan fingerprint density at radius 2 is 2.22 bits per heavy atom. The Morgan fingerprint density at radius 3 is 2.96 bits per heavy atom. The van der Waals surface area contributed by atoms with Gasteiger partial charge in [0.25, 0.3) is 0 Å². The van der Waals surface area contributed by atoms with Crippen LogP contribution in [0.4, 0.5) is 5.82 Å². The number of rotatable bonds is 6. The minimum atomic E-state index is -3.42. The molecule has 3 heterocycles. The van der Waals surface area contributed by atoms with Crippen molar-refractivity contribution in [2.45, 2.75) is 17.9 Å². The number of hydrogen-bond acceptors (Lipinski definition) is 6. The summed E-state index contributed by atoms with van der Waals surface area (Å²) in [5, 5.41) is 5.40. The molecule has 2 aromatic rings. The van der Waals surface area contributed by atoms with Crippen molar-refractivity contribution < 1.29 is 8.42 Å². The normalized spacial score (nSPS) is 15.3. The van der Waals surface area contributed by atoms with E-state index < -0.39 is 10.0 Å². The molecule has 0 aromatic carbocycles. The number of hydrogen-bond donors (Lipinski definition) is 2. The molecule has 0 unspecified atom stereocenters.